The lowest BCUT2D eigenvalue weighted by Crippen LogP contribution is -1.95. The zero-order chi connectivity index (χ0) is 21.3. The Hall–Kier alpha value is -4.45. The van der Waals surface area contributed by atoms with Gasteiger partial charge < -0.3 is 9.72 Å². The molecule has 0 bridgehead atoms. The van der Waals surface area contributed by atoms with Crippen molar-refractivity contribution < 1.29 is 4.74 Å². The molecule has 0 fully saturated rings. The van der Waals surface area contributed by atoms with Crippen LogP contribution in [0.4, 0.5) is 0 Å². The molecule has 6 aromatic rings. The quantitative estimate of drug-likeness (QED) is 0.374. The summed E-state index contributed by atoms with van der Waals surface area (Å²) < 4.78 is 5.96. The first-order chi connectivity index (χ1) is 15.8. The van der Waals surface area contributed by atoms with Crippen molar-refractivity contribution >= 4 is 21.8 Å². The van der Waals surface area contributed by atoms with E-state index in [-0.39, 0.29) is 0 Å². The van der Waals surface area contributed by atoms with Crippen molar-refractivity contribution in [1.29, 1.82) is 0 Å². The second kappa shape index (κ2) is 7.67. The molecule has 0 aliphatic rings. The van der Waals surface area contributed by atoms with Gasteiger partial charge in [-0.05, 0) is 41.5 Å². The minimum Gasteiger partial charge on any atom is -0.487 e. The average Bonchev–Trinajstić information content (AvgIpc) is 3.47. The molecule has 32 heavy (non-hydrogen) atoms. The smallest absolute Gasteiger partial charge is 0.138 e. The highest BCUT2D eigenvalue weighted by atomic mass is 16.5. The van der Waals surface area contributed by atoms with Crippen molar-refractivity contribution in [3.63, 3.8) is 0 Å². The van der Waals surface area contributed by atoms with Crippen molar-refractivity contribution in [2.45, 2.75) is 6.61 Å². The Morgan fingerprint density at radius 1 is 0.781 bits per heavy atom. The number of hydrogen-bond donors (Lipinski definition) is 2. The van der Waals surface area contributed by atoms with E-state index in [9.17, 15) is 0 Å². The minimum absolute atomic E-state index is 0.506. The third kappa shape index (κ3) is 3.37. The molecule has 0 spiro atoms. The number of H-pyrrole nitrogens is 2. The Morgan fingerprint density at radius 3 is 2.62 bits per heavy atom. The van der Waals surface area contributed by atoms with Crippen molar-refractivity contribution in [3.8, 4) is 28.3 Å². The van der Waals surface area contributed by atoms with E-state index >= 15 is 0 Å². The first-order valence-electron chi connectivity index (χ1n) is 10.4. The normalized spacial score (nSPS) is 11.2. The number of aromatic nitrogens is 5. The molecule has 0 saturated heterocycles. The van der Waals surface area contributed by atoms with Crippen molar-refractivity contribution in [3.05, 3.63) is 97.1 Å². The van der Waals surface area contributed by atoms with Crippen LogP contribution >= 0.6 is 0 Å². The molecule has 0 unspecified atom stereocenters. The topological polar surface area (TPSA) is 79.5 Å². The fourth-order valence-electron chi connectivity index (χ4n) is 3.90. The summed E-state index contributed by atoms with van der Waals surface area (Å²) in [5.41, 5.74) is 7.01. The SMILES string of the molecule is c1ccc(COc2cncc(-c3ccc4[nH]nc(-c5cc6cnccc6[nH]5)c4c3)c2)cc1. The standard InChI is InChI=1S/C26H19N5O/c1-2-4-17(5-3-1)16-32-21-10-19(13-28-15-21)18-6-7-24-22(11-18)26(31-30-24)25-12-20-14-27-9-8-23(20)29-25/h1-15,29H,16H2,(H,30,31). The van der Waals surface area contributed by atoms with Gasteiger partial charge in [-0.2, -0.15) is 5.10 Å². The van der Waals surface area contributed by atoms with Gasteiger partial charge in [0.15, 0.2) is 0 Å². The highest BCUT2D eigenvalue weighted by Crippen LogP contribution is 2.32. The molecule has 0 atom stereocenters. The van der Waals surface area contributed by atoms with Crippen molar-refractivity contribution in [1.82, 2.24) is 25.1 Å². The van der Waals surface area contributed by atoms with Crippen LogP contribution in [-0.2, 0) is 6.61 Å². The molecule has 0 aliphatic heterocycles. The zero-order valence-electron chi connectivity index (χ0n) is 17.1. The number of nitrogens with zero attached hydrogens (tertiary/aromatic N) is 3. The molecule has 0 amide bonds. The lowest BCUT2D eigenvalue weighted by molar-refractivity contribution is 0.305. The Kier molecular flexibility index (Phi) is 4.39. The molecule has 2 N–H and O–H groups in total. The first kappa shape index (κ1) is 18.3. The number of benzene rings is 2. The van der Waals surface area contributed by atoms with Crippen LogP contribution in [0.15, 0.2) is 91.5 Å². The molecule has 0 radical (unpaired) electrons. The summed E-state index contributed by atoms with van der Waals surface area (Å²) in [7, 11) is 0. The molecular formula is C26H19N5O. The second-order valence-corrected chi connectivity index (χ2v) is 7.66. The fraction of sp³-hybridized carbons (Fsp3) is 0.0385. The van der Waals surface area contributed by atoms with Gasteiger partial charge in [-0.15, -0.1) is 0 Å². The molecule has 6 nitrogen and oxygen atoms in total. The summed E-state index contributed by atoms with van der Waals surface area (Å²) >= 11 is 0. The highest BCUT2D eigenvalue weighted by Gasteiger charge is 2.12. The highest BCUT2D eigenvalue weighted by molar-refractivity contribution is 5.97. The first-order valence-corrected chi connectivity index (χ1v) is 10.4. The van der Waals surface area contributed by atoms with Crippen LogP contribution in [0, 0.1) is 0 Å². The van der Waals surface area contributed by atoms with Gasteiger partial charge in [0.05, 0.1) is 17.4 Å². The van der Waals surface area contributed by atoms with Gasteiger partial charge in [0.25, 0.3) is 0 Å². The maximum Gasteiger partial charge on any atom is 0.138 e. The predicted octanol–water partition coefficient (Wildman–Crippen LogP) is 5.75. The Bertz CT molecular complexity index is 1500. The number of fused-ring (bicyclic) bond motifs is 2. The van der Waals surface area contributed by atoms with E-state index < -0.39 is 0 Å². The lowest BCUT2D eigenvalue weighted by atomic mass is 10.0. The van der Waals surface area contributed by atoms with Crippen LogP contribution < -0.4 is 4.74 Å². The van der Waals surface area contributed by atoms with E-state index in [2.05, 4.69) is 43.3 Å². The summed E-state index contributed by atoms with van der Waals surface area (Å²) in [5.74, 6) is 0.738. The van der Waals surface area contributed by atoms with Crippen LogP contribution in [0.25, 0.3) is 44.3 Å². The van der Waals surface area contributed by atoms with E-state index in [4.69, 9.17) is 4.74 Å². The maximum absolute atomic E-state index is 5.96. The van der Waals surface area contributed by atoms with Gasteiger partial charge in [0.1, 0.15) is 18.1 Å². The monoisotopic (exact) mass is 417 g/mol. The molecule has 154 valence electrons. The average molecular weight is 417 g/mol. The third-order valence-electron chi connectivity index (χ3n) is 5.53. The van der Waals surface area contributed by atoms with Gasteiger partial charge in [-0.25, -0.2) is 0 Å². The third-order valence-corrected chi connectivity index (χ3v) is 5.53. The summed E-state index contributed by atoms with van der Waals surface area (Å²) in [4.78, 5) is 12.0. The van der Waals surface area contributed by atoms with Crippen LogP contribution in [0.2, 0.25) is 0 Å². The largest absolute Gasteiger partial charge is 0.487 e. The van der Waals surface area contributed by atoms with Crippen molar-refractivity contribution in [2.24, 2.45) is 0 Å². The van der Waals surface area contributed by atoms with E-state index in [1.165, 1.54) is 0 Å². The molecule has 0 saturated carbocycles. The van der Waals surface area contributed by atoms with Gasteiger partial charge in [0.2, 0.25) is 0 Å². The van der Waals surface area contributed by atoms with E-state index in [0.29, 0.717) is 6.61 Å². The number of ether oxygens (including phenoxy) is 1. The minimum atomic E-state index is 0.506. The molecule has 0 aliphatic carbocycles. The van der Waals surface area contributed by atoms with Gasteiger partial charge in [-0.1, -0.05) is 36.4 Å². The van der Waals surface area contributed by atoms with Gasteiger partial charge in [-0.3, -0.25) is 15.1 Å². The Balaban J connectivity index is 1.34. The van der Waals surface area contributed by atoms with Gasteiger partial charge in [0, 0.05) is 40.4 Å². The molecule has 4 heterocycles. The van der Waals surface area contributed by atoms with Crippen LogP contribution in [0.5, 0.6) is 5.75 Å². The number of aromatic amines is 2. The van der Waals surface area contributed by atoms with Crippen LogP contribution in [0.3, 0.4) is 0 Å². The molecule has 4 aromatic heterocycles. The van der Waals surface area contributed by atoms with Gasteiger partial charge >= 0.3 is 0 Å². The number of rotatable bonds is 5. The molecule has 6 heteroatoms. The number of hydrogen-bond acceptors (Lipinski definition) is 4. The Labute approximate surface area is 183 Å². The fourth-order valence-corrected chi connectivity index (χ4v) is 3.90. The van der Waals surface area contributed by atoms with Crippen LogP contribution in [0.1, 0.15) is 5.56 Å². The maximum atomic E-state index is 5.96. The summed E-state index contributed by atoms with van der Waals surface area (Å²) in [6, 6.07) is 22.4. The van der Waals surface area contributed by atoms with Crippen LogP contribution in [-0.4, -0.2) is 25.1 Å². The molecular weight excluding hydrogens is 398 g/mol. The second-order valence-electron chi connectivity index (χ2n) is 7.66. The number of pyridine rings is 2. The molecule has 6 rings (SSSR count). The Morgan fingerprint density at radius 2 is 1.72 bits per heavy atom. The van der Waals surface area contributed by atoms with E-state index in [1.54, 1.807) is 12.4 Å². The summed E-state index contributed by atoms with van der Waals surface area (Å²) in [6.07, 6.45) is 7.23. The van der Waals surface area contributed by atoms with Crippen molar-refractivity contribution in [2.75, 3.05) is 0 Å². The molecule has 2 aromatic carbocycles. The summed E-state index contributed by atoms with van der Waals surface area (Å²) in [6.45, 7) is 0.506. The predicted molar refractivity (Wildman–Crippen MR) is 125 cm³/mol. The lowest BCUT2D eigenvalue weighted by Gasteiger charge is -2.08. The zero-order valence-corrected chi connectivity index (χ0v) is 17.1. The number of nitrogens with one attached hydrogen (secondary N) is 2. The van der Waals surface area contributed by atoms with E-state index in [0.717, 1.165) is 55.6 Å². The van der Waals surface area contributed by atoms with E-state index in [1.807, 2.05) is 60.9 Å². The summed E-state index contributed by atoms with van der Waals surface area (Å²) in [5, 5.41) is 9.79.